The van der Waals surface area contributed by atoms with Crippen LogP contribution in [0.1, 0.15) is 33.1 Å². The molecule has 1 aromatic carbocycles. The first kappa shape index (κ1) is 22.9. The first-order valence-electron chi connectivity index (χ1n) is 8.76. The molecule has 0 saturated carbocycles. The van der Waals surface area contributed by atoms with Crippen LogP contribution in [-0.4, -0.2) is 34.6 Å². The zero-order chi connectivity index (χ0) is 19.6. The van der Waals surface area contributed by atoms with Crippen LogP contribution in [0, 0.1) is 5.82 Å². The third kappa shape index (κ3) is 5.35. The van der Waals surface area contributed by atoms with E-state index in [1.807, 2.05) is 0 Å². The zero-order valence-electron chi connectivity index (χ0n) is 16.2. The molecule has 0 N–H and O–H groups in total. The summed E-state index contributed by atoms with van der Waals surface area (Å²) in [6, 6.07) is 5.88. The van der Waals surface area contributed by atoms with E-state index in [1.54, 1.807) is 12.1 Å². The van der Waals surface area contributed by atoms with Gasteiger partial charge < -0.3 is 19.5 Å². The molecule has 0 radical (unpaired) electrons. The number of carbonyl (C=O) groups is 1. The SMILES string of the molecule is CC(C)(Oc1cc(N2CCCCC2)nc(-c2ccc(Cl)c(F)c2)n1)C(=O)[O-].[Na+]. The van der Waals surface area contributed by atoms with Gasteiger partial charge in [0.25, 0.3) is 0 Å². The van der Waals surface area contributed by atoms with Crippen LogP contribution in [0.5, 0.6) is 5.88 Å². The molecule has 28 heavy (non-hydrogen) atoms. The predicted octanol–water partition coefficient (Wildman–Crippen LogP) is -0.162. The predicted molar refractivity (Wildman–Crippen MR) is 98.2 cm³/mol. The molecule has 9 heteroatoms. The summed E-state index contributed by atoms with van der Waals surface area (Å²) < 4.78 is 19.4. The van der Waals surface area contributed by atoms with Gasteiger partial charge in [-0.15, -0.1) is 0 Å². The van der Waals surface area contributed by atoms with E-state index in [9.17, 15) is 14.3 Å². The molecule has 1 aliphatic heterocycles. The standard InChI is InChI=1S/C19H21ClFN3O3.Na/c1-19(2,18(25)26)27-16-11-15(24-8-4-3-5-9-24)22-17(23-16)12-6-7-13(20)14(21)10-12;/h6-7,10-11H,3-5,8-9H2,1-2H3,(H,25,26);/q;+1/p-1. The van der Waals surface area contributed by atoms with Crippen LogP contribution in [0.3, 0.4) is 0 Å². The molecule has 0 unspecified atom stereocenters. The zero-order valence-corrected chi connectivity index (χ0v) is 18.9. The molecule has 1 fully saturated rings. The van der Waals surface area contributed by atoms with Crippen molar-refractivity contribution in [2.45, 2.75) is 38.7 Å². The Morgan fingerprint density at radius 1 is 1.21 bits per heavy atom. The maximum absolute atomic E-state index is 13.9. The molecule has 0 bridgehead atoms. The van der Waals surface area contributed by atoms with Gasteiger partial charge in [-0.05, 0) is 51.3 Å². The number of anilines is 1. The number of carboxylic acids is 1. The van der Waals surface area contributed by atoms with E-state index in [2.05, 4.69) is 14.9 Å². The second-order valence-corrected chi connectivity index (χ2v) is 7.37. The molecule has 2 heterocycles. The van der Waals surface area contributed by atoms with Crippen molar-refractivity contribution in [3.05, 3.63) is 35.1 Å². The minimum absolute atomic E-state index is 0. The number of hydrogen-bond acceptors (Lipinski definition) is 6. The van der Waals surface area contributed by atoms with Crippen LogP contribution in [-0.2, 0) is 4.79 Å². The van der Waals surface area contributed by atoms with Crippen LogP contribution in [0.25, 0.3) is 11.4 Å². The summed E-state index contributed by atoms with van der Waals surface area (Å²) in [6.45, 7) is 4.42. The van der Waals surface area contributed by atoms with E-state index in [4.69, 9.17) is 16.3 Å². The normalized spacial score (nSPS) is 14.4. The van der Waals surface area contributed by atoms with Crippen LogP contribution in [0.4, 0.5) is 10.2 Å². The van der Waals surface area contributed by atoms with Crippen molar-refractivity contribution in [1.29, 1.82) is 0 Å². The number of aromatic nitrogens is 2. The minimum atomic E-state index is -1.57. The summed E-state index contributed by atoms with van der Waals surface area (Å²) in [5.41, 5.74) is -1.15. The van der Waals surface area contributed by atoms with E-state index < -0.39 is 17.4 Å². The summed E-state index contributed by atoms with van der Waals surface area (Å²) in [7, 11) is 0. The Morgan fingerprint density at radius 2 is 1.89 bits per heavy atom. The number of benzene rings is 1. The number of piperidine rings is 1. The van der Waals surface area contributed by atoms with Gasteiger partial charge in [0.2, 0.25) is 5.88 Å². The number of carbonyl (C=O) groups excluding carboxylic acids is 1. The van der Waals surface area contributed by atoms with Crippen LogP contribution < -0.4 is 44.3 Å². The number of carboxylic acid groups (broad SMARTS) is 1. The Kier molecular flexibility index (Phi) is 7.67. The Balaban J connectivity index is 0.00000280. The third-order valence-electron chi connectivity index (χ3n) is 4.40. The third-order valence-corrected chi connectivity index (χ3v) is 4.70. The second-order valence-electron chi connectivity index (χ2n) is 6.96. The molecular weight excluding hydrogens is 396 g/mol. The van der Waals surface area contributed by atoms with Gasteiger partial charge in [-0.2, -0.15) is 4.98 Å². The number of halogens is 2. The molecule has 6 nitrogen and oxygen atoms in total. The number of ether oxygens (including phenoxy) is 1. The smallest absolute Gasteiger partial charge is 0.546 e. The van der Waals surface area contributed by atoms with Gasteiger partial charge in [0.15, 0.2) is 5.82 Å². The number of hydrogen-bond donors (Lipinski definition) is 0. The topological polar surface area (TPSA) is 78.4 Å². The maximum Gasteiger partial charge on any atom is 1.00 e. The van der Waals surface area contributed by atoms with Gasteiger partial charge in [-0.3, -0.25) is 0 Å². The molecule has 1 saturated heterocycles. The number of nitrogens with zero attached hydrogens (tertiary/aromatic N) is 3. The fourth-order valence-corrected chi connectivity index (χ4v) is 2.94. The van der Waals surface area contributed by atoms with E-state index in [-0.39, 0.29) is 46.3 Å². The van der Waals surface area contributed by atoms with Gasteiger partial charge >= 0.3 is 29.6 Å². The maximum atomic E-state index is 13.9. The molecule has 144 valence electrons. The fraction of sp³-hybridized carbons (Fsp3) is 0.421. The minimum Gasteiger partial charge on any atom is -0.546 e. The average Bonchev–Trinajstić information content (AvgIpc) is 2.64. The van der Waals surface area contributed by atoms with Crippen LogP contribution >= 0.6 is 11.6 Å². The van der Waals surface area contributed by atoms with Crippen molar-refractivity contribution in [3.63, 3.8) is 0 Å². The Morgan fingerprint density at radius 3 is 2.50 bits per heavy atom. The van der Waals surface area contributed by atoms with E-state index >= 15 is 0 Å². The molecule has 0 amide bonds. The van der Waals surface area contributed by atoms with Crippen LogP contribution in [0.15, 0.2) is 24.3 Å². The molecule has 1 aliphatic rings. The monoisotopic (exact) mass is 415 g/mol. The second kappa shape index (κ2) is 9.39. The van der Waals surface area contributed by atoms with E-state index in [0.29, 0.717) is 11.4 Å². The first-order chi connectivity index (χ1) is 12.8. The van der Waals surface area contributed by atoms with Crippen molar-refractivity contribution < 1.29 is 48.6 Å². The van der Waals surface area contributed by atoms with Crippen molar-refractivity contribution >= 4 is 23.4 Å². The fourth-order valence-electron chi connectivity index (χ4n) is 2.82. The van der Waals surface area contributed by atoms with Crippen LogP contribution in [0.2, 0.25) is 5.02 Å². The van der Waals surface area contributed by atoms with Gasteiger partial charge in [0, 0.05) is 24.7 Å². The first-order valence-corrected chi connectivity index (χ1v) is 9.14. The molecule has 0 aliphatic carbocycles. The van der Waals surface area contributed by atoms with Crippen molar-refractivity contribution in [1.82, 2.24) is 9.97 Å². The van der Waals surface area contributed by atoms with E-state index in [0.717, 1.165) is 32.4 Å². The summed E-state index contributed by atoms with van der Waals surface area (Å²) in [5.74, 6) is -1.01. The average molecular weight is 416 g/mol. The van der Waals surface area contributed by atoms with Gasteiger partial charge in [-0.1, -0.05) is 11.6 Å². The summed E-state index contributed by atoms with van der Waals surface area (Å²) in [6.07, 6.45) is 3.23. The molecule has 0 spiro atoms. The molecular formula is C19H20ClFN3NaO3. The quantitative estimate of drug-likeness (QED) is 0.631. The van der Waals surface area contributed by atoms with Crippen molar-refractivity contribution in [2.24, 2.45) is 0 Å². The largest absolute Gasteiger partial charge is 1.00 e. The molecule has 1 aromatic heterocycles. The van der Waals surface area contributed by atoms with Gasteiger partial charge in [0.05, 0.1) is 11.0 Å². The van der Waals surface area contributed by atoms with Crippen molar-refractivity contribution in [2.75, 3.05) is 18.0 Å². The Bertz CT molecular complexity index is 860. The summed E-state index contributed by atoms with van der Waals surface area (Å²) in [4.78, 5) is 22.2. The summed E-state index contributed by atoms with van der Waals surface area (Å²) >= 11 is 5.75. The number of aliphatic carboxylic acids is 1. The van der Waals surface area contributed by atoms with E-state index in [1.165, 1.54) is 26.0 Å². The number of rotatable bonds is 5. The molecule has 2 aromatic rings. The Hall–Kier alpha value is -1.41. The Labute approximate surface area is 190 Å². The van der Waals surface area contributed by atoms with Gasteiger partial charge in [-0.25, -0.2) is 9.37 Å². The summed E-state index contributed by atoms with van der Waals surface area (Å²) in [5, 5.41) is 11.3. The molecule has 0 atom stereocenters. The van der Waals surface area contributed by atoms with Crippen molar-refractivity contribution in [3.8, 4) is 17.3 Å². The van der Waals surface area contributed by atoms with Gasteiger partial charge in [0.1, 0.15) is 17.2 Å². The molecule has 3 rings (SSSR count).